The summed E-state index contributed by atoms with van der Waals surface area (Å²) in [5.41, 5.74) is 3.52. The maximum atomic E-state index is 12.5. The Kier molecular flexibility index (Phi) is 6.43. The fraction of sp³-hybridized carbons (Fsp3) is 0.292. The number of aliphatic hydroxyl groups is 1. The average Bonchev–Trinajstić information content (AvgIpc) is 3.28. The van der Waals surface area contributed by atoms with Gasteiger partial charge in [-0.05, 0) is 49.6 Å². The number of anilines is 3. The van der Waals surface area contributed by atoms with Gasteiger partial charge in [0, 0.05) is 30.4 Å². The molecular formula is C24H27N5O2. The van der Waals surface area contributed by atoms with E-state index < -0.39 is 0 Å². The smallest absolute Gasteiger partial charge is 0.255 e. The molecule has 1 atom stereocenters. The second-order valence-corrected chi connectivity index (χ2v) is 7.81. The largest absolute Gasteiger partial charge is 0.394 e. The van der Waals surface area contributed by atoms with E-state index in [1.165, 1.54) is 0 Å². The molecule has 0 radical (unpaired) electrons. The molecule has 2 aromatic carbocycles. The molecule has 1 aliphatic heterocycles. The first-order chi connectivity index (χ1) is 15.1. The van der Waals surface area contributed by atoms with E-state index in [-0.39, 0.29) is 18.6 Å². The minimum Gasteiger partial charge on any atom is -0.394 e. The van der Waals surface area contributed by atoms with Gasteiger partial charge in [-0.1, -0.05) is 29.8 Å². The molecule has 1 aromatic heterocycles. The zero-order valence-corrected chi connectivity index (χ0v) is 17.6. The van der Waals surface area contributed by atoms with Crippen LogP contribution in [0.2, 0.25) is 0 Å². The van der Waals surface area contributed by atoms with Crippen molar-refractivity contribution in [1.29, 1.82) is 0 Å². The topological polar surface area (TPSA) is 90.4 Å². The summed E-state index contributed by atoms with van der Waals surface area (Å²) >= 11 is 0. The molecular weight excluding hydrogens is 390 g/mol. The number of hydrogen-bond acceptors (Lipinski definition) is 6. The number of rotatable bonds is 7. The standard InChI is InChI=1S/C24H27N5O2/c1-17-7-9-19(10-8-17)24(31)28-20-5-2-4-18(12-20)14-25-22-13-23(27-16-26-22)29-11-3-6-21(29)15-30/h2,4-5,7-10,12-13,16,21,30H,3,6,11,14-15H2,1H3,(H,28,31)(H,25,26,27). The Bertz CT molecular complexity index is 1040. The molecule has 0 spiro atoms. The summed E-state index contributed by atoms with van der Waals surface area (Å²) in [6, 6.07) is 17.3. The molecule has 31 heavy (non-hydrogen) atoms. The number of nitrogens with zero attached hydrogens (tertiary/aromatic N) is 3. The Morgan fingerprint density at radius 1 is 1.16 bits per heavy atom. The van der Waals surface area contributed by atoms with Gasteiger partial charge in [0.1, 0.15) is 18.0 Å². The summed E-state index contributed by atoms with van der Waals surface area (Å²) < 4.78 is 0. The van der Waals surface area contributed by atoms with Crippen molar-refractivity contribution in [3.63, 3.8) is 0 Å². The Hall–Kier alpha value is -3.45. The predicted octanol–water partition coefficient (Wildman–Crippen LogP) is 3.61. The molecule has 1 unspecified atom stereocenters. The first-order valence-corrected chi connectivity index (χ1v) is 10.5. The van der Waals surface area contributed by atoms with Crippen molar-refractivity contribution in [3.05, 3.63) is 77.6 Å². The molecule has 1 fully saturated rings. The van der Waals surface area contributed by atoms with Crippen molar-refractivity contribution in [1.82, 2.24) is 9.97 Å². The Morgan fingerprint density at radius 3 is 2.81 bits per heavy atom. The maximum Gasteiger partial charge on any atom is 0.255 e. The maximum absolute atomic E-state index is 12.5. The molecule has 3 aromatic rings. The first kappa shape index (κ1) is 20.8. The number of nitrogens with one attached hydrogen (secondary N) is 2. The van der Waals surface area contributed by atoms with E-state index in [1.54, 1.807) is 6.33 Å². The van der Waals surface area contributed by atoms with Crippen LogP contribution in [-0.2, 0) is 6.54 Å². The lowest BCUT2D eigenvalue weighted by Crippen LogP contribution is -2.32. The van der Waals surface area contributed by atoms with Crippen molar-refractivity contribution >= 4 is 23.2 Å². The molecule has 0 aliphatic carbocycles. The van der Waals surface area contributed by atoms with Gasteiger partial charge in [0.05, 0.1) is 12.6 Å². The van der Waals surface area contributed by atoms with Crippen LogP contribution in [0.4, 0.5) is 17.3 Å². The molecule has 2 heterocycles. The molecule has 1 aliphatic rings. The number of aryl methyl sites for hydroxylation is 1. The van der Waals surface area contributed by atoms with Crippen LogP contribution in [0.3, 0.4) is 0 Å². The van der Waals surface area contributed by atoms with E-state index >= 15 is 0 Å². The van der Waals surface area contributed by atoms with Gasteiger partial charge in [0.2, 0.25) is 0 Å². The van der Waals surface area contributed by atoms with Crippen LogP contribution in [-0.4, -0.2) is 40.2 Å². The molecule has 0 saturated carbocycles. The number of hydrogen-bond donors (Lipinski definition) is 3. The molecule has 3 N–H and O–H groups in total. The van der Waals surface area contributed by atoms with Gasteiger partial charge in [-0.3, -0.25) is 4.79 Å². The average molecular weight is 418 g/mol. The van der Waals surface area contributed by atoms with Gasteiger partial charge in [-0.25, -0.2) is 9.97 Å². The van der Waals surface area contributed by atoms with Crippen molar-refractivity contribution in [2.75, 3.05) is 28.7 Å². The van der Waals surface area contributed by atoms with Crippen molar-refractivity contribution in [2.45, 2.75) is 32.4 Å². The fourth-order valence-electron chi connectivity index (χ4n) is 3.79. The van der Waals surface area contributed by atoms with E-state index in [9.17, 15) is 9.90 Å². The Labute approximate surface area is 182 Å². The number of aromatic nitrogens is 2. The van der Waals surface area contributed by atoms with Crippen LogP contribution in [0.1, 0.15) is 34.3 Å². The fourth-order valence-corrected chi connectivity index (χ4v) is 3.79. The SMILES string of the molecule is Cc1ccc(C(=O)Nc2cccc(CNc3cc(N4CCCC4CO)ncn3)c2)cc1. The Balaban J connectivity index is 1.39. The zero-order valence-electron chi connectivity index (χ0n) is 17.6. The zero-order chi connectivity index (χ0) is 21.6. The van der Waals surface area contributed by atoms with Crippen LogP contribution in [0.15, 0.2) is 60.9 Å². The molecule has 160 valence electrons. The van der Waals surface area contributed by atoms with Crippen molar-refractivity contribution < 1.29 is 9.90 Å². The first-order valence-electron chi connectivity index (χ1n) is 10.5. The summed E-state index contributed by atoms with van der Waals surface area (Å²) in [6.45, 7) is 3.58. The highest BCUT2D eigenvalue weighted by molar-refractivity contribution is 6.04. The quantitative estimate of drug-likeness (QED) is 0.544. The molecule has 1 amide bonds. The third-order valence-corrected chi connectivity index (χ3v) is 5.51. The third-order valence-electron chi connectivity index (χ3n) is 5.51. The number of aliphatic hydroxyl groups excluding tert-OH is 1. The van der Waals surface area contributed by atoms with Crippen LogP contribution < -0.4 is 15.5 Å². The molecule has 0 bridgehead atoms. The summed E-state index contributed by atoms with van der Waals surface area (Å²) in [4.78, 5) is 23.3. The summed E-state index contributed by atoms with van der Waals surface area (Å²) in [6.07, 6.45) is 3.58. The highest BCUT2D eigenvalue weighted by Gasteiger charge is 2.25. The van der Waals surface area contributed by atoms with Crippen LogP contribution >= 0.6 is 0 Å². The Morgan fingerprint density at radius 2 is 2.00 bits per heavy atom. The van der Waals surface area contributed by atoms with Crippen molar-refractivity contribution in [2.24, 2.45) is 0 Å². The van der Waals surface area contributed by atoms with Gasteiger partial charge in [-0.15, -0.1) is 0 Å². The number of carbonyl (C=O) groups excluding carboxylic acids is 1. The molecule has 1 saturated heterocycles. The van der Waals surface area contributed by atoms with Gasteiger partial charge in [0.25, 0.3) is 5.91 Å². The van der Waals surface area contributed by atoms with E-state index in [0.29, 0.717) is 12.1 Å². The highest BCUT2D eigenvalue weighted by atomic mass is 16.3. The van der Waals surface area contributed by atoms with E-state index in [4.69, 9.17) is 0 Å². The molecule has 7 heteroatoms. The van der Waals surface area contributed by atoms with Crippen LogP contribution in [0.25, 0.3) is 0 Å². The van der Waals surface area contributed by atoms with Gasteiger partial charge >= 0.3 is 0 Å². The van der Waals surface area contributed by atoms with Gasteiger partial charge in [0.15, 0.2) is 0 Å². The van der Waals surface area contributed by atoms with Gasteiger partial charge in [-0.2, -0.15) is 0 Å². The lowest BCUT2D eigenvalue weighted by Gasteiger charge is -2.24. The highest BCUT2D eigenvalue weighted by Crippen LogP contribution is 2.24. The molecule has 7 nitrogen and oxygen atoms in total. The van der Waals surface area contributed by atoms with E-state index in [0.717, 1.165) is 47.8 Å². The lowest BCUT2D eigenvalue weighted by atomic mass is 10.1. The van der Waals surface area contributed by atoms with E-state index in [1.807, 2.05) is 61.5 Å². The normalized spacial score (nSPS) is 15.7. The minimum absolute atomic E-state index is 0.122. The third kappa shape index (κ3) is 5.19. The predicted molar refractivity (Wildman–Crippen MR) is 122 cm³/mol. The number of carbonyl (C=O) groups is 1. The summed E-state index contributed by atoms with van der Waals surface area (Å²) in [7, 11) is 0. The monoisotopic (exact) mass is 417 g/mol. The van der Waals surface area contributed by atoms with Crippen molar-refractivity contribution in [3.8, 4) is 0 Å². The number of benzene rings is 2. The minimum atomic E-state index is -0.130. The second-order valence-electron chi connectivity index (χ2n) is 7.81. The lowest BCUT2D eigenvalue weighted by molar-refractivity contribution is 0.102. The van der Waals surface area contributed by atoms with Gasteiger partial charge < -0.3 is 20.6 Å². The summed E-state index contributed by atoms with van der Waals surface area (Å²) in [5, 5.41) is 15.8. The molecule has 4 rings (SSSR count). The van der Waals surface area contributed by atoms with E-state index in [2.05, 4.69) is 25.5 Å². The number of amides is 1. The summed E-state index contributed by atoms with van der Waals surface area (Å²) in [5.74, 6) is 1.42. The second kappa shape index (κ2) is 9.57. The van der Waals surface area contributed by atoms with Crippen LogP contribution in [0, 0.1) is 6.92 Å². The van der Waals surface area contributed by atoms with Crippen LogP contribution in [0.5, 0.6) is 0 Å².